The fraction of sp³-hybridized carbons (Fsp3) is 0.350. The van der Waals surface area contributed by atoms with Crippen molar-refractivity contribution in [1.82, 2.24) is 5.32 Å². The first-order valence-electron chi connectivity index (χ1n) is 8.27. The van der Waals surface area contributed by atoms with Gasteiger partial charge in [-0.2, -0.15) is 0 Å². The van der Waals surface area contributed by atoms with Gasteiger partial charge in [0.15, 0.2) is 0 Å². The molecule has 2 N–H and O–H groups in total. The number of piperidine rings is 1. The molecule has 0 aromatic heterocycles. The van der Waals surface area contributed by atoms with Crippen molar-refractivity contribution in [2.75, 3.05) is 0 Å². The first-order valence-corrected chi connectivity index (χ1v) is 8.27. The Bertz CT molecular complexity index is 652. The van der Waals surface area contributed by atoms with Gasteiger partial charge in [0.05, 0.1) is 5.71 Å². The van der Waals surface area contributed by atoms with Crippen LogP contribution in [0.5, 0.6) is 0 Å². The van der Waals surface area contributed by atoms with Crippen LogP contribution in [0.25, 0.3) is 0 Å². The molecular weight excluding hydrogens is 284 g/mol. The molecule has 0 radical (unpaired) electrons. The van der Waals surface area contributed by atoms with Gasteiger partial charge < -0.3 is 10.5 Å². The second-order valence-electron chi connectivity index (χ2n) is 6.58. The van der Waals surface area contributed by atoms with E-state index in [1.807, 2.05) is 12.1 Å². The summed E-state index contributed by atoms with van der Waals surface area (Å²) in [6, 6.07) is 21.2. The molecule has 3 heteroatoms. The summed E-state index contributed by atoms with van der Waals surface area (Å²) in [4.78, 5) is 0. The standard InChI is InChI=1S/C20H24N2O/c1-14(2)19-18(22-23)13-17(15-9-5-3-6-10-15)21-20(19)16-11-7-4-8-12-16/h3-12,14,17,19-21,23H,13H2,1-2H3/b22-18+/t17-,19-,20-/m1/s1. The third-order valence-corrected chi connectivity index (χ3v) is 4.75. The van der Waals surface area contributed by atoms with Gasteiger partial charge >= 0.3 is 0 Å². The first kappa shape index (κ1) is 15.8. The summed E-state index contributed by atoms with van der Waals surface area (Å²) in [6.07, 6.45) is 0.743. The van der Waals surface area contributed by atoms with Crippen LogP contribution in [0.15, 0.2) is 65.8 Å². The van der Waals surface area contributed by atoms with Gasteiger partial charge in [0.2, 0.25) is 0 Å². The molecule has 1 fully saturated rings. The van der Waals surface area contributed by atoms with Crippen molar-refractivity contribution in [3.8, 4) is 0 Å². The highest BCUT2D eigenvalue weighted by Crippen LogP contribution is 2.39. The minimum atomic E-state index is 0.154. The molecule has 0 spiro atoms. The number of hydrogen-bond donors (Lipinski definition) is 2. The predicted octanol–water partition coefficient (Wildman–Crippen LogP) is 4.56. The average Bonchev–Trinajstić information content (AvgIpc) is 2.62. The highest BCUT2D eigenvalue weighted by Gasteiger charge is 2.38. The van der Waals surface area contributed by atoms with Gasteiger partial charge in [0, 0.05) is 24.4 Å². The molecule has 3 nitrogen and oxygen atoms in total. The average molecular weight is 308 g/mol. The zero-order valence-electron chi connectivity index (χ0n) is 13.7. The Morgan fingerprint density at radius 2 is 1.52 bits per heavy atom. The van der Waals surface area contributed by atoms with Crippen LogP contribution in [-0.2, 0) is 0 Å². The molecule has 0 saturated carbocycles. The molecular formula is C20H24N2O. The Hall–Kier alpha value is -2.13. The fourth-order valence-corrected chi connectivity index (χ4v) is 3.66. The Labute approximate surface area is 138 Å². The van der Waals surface area contributed by atoms with Crippen molar-refractivity contribution in [2.45, 2.75) is 32.4 Å². The largest absolute Gasteiger partial charge is 0.411 e. The molecule has 0 aliphatic carbocycles. The molecule has 1 saturated heterocycles. The van der Waals surface area contributed by atoms with Crippen molar-refractivity contribution in [1.29, 1.82) is 0 Å². The molecule has 2 aromatic carbocycles. The van der Waals surface area contributed by atoms with Crippen LogP contribution in [0, 0.1) is 11.8 Å². The third-order valence-electron chi connectivity index (χ3n) is 4.75. The van der Waals surface area contributed by atoms with Crippen LogP contribution < -0.4 is 5.32 Å². The fourth-order valence-electron chi connectivity index (χ4n) is 3.66. The predicted molar refractivity (Wildman–Crippen MR) is 93.7 cm³/mol. The van der Waals surface area contributed by atoms with Gasteiger partial charge in [-0.15, -0.1) is 0 Å². The lowest BCUT2D eigenvalue weighted by molar-refractivity contribution is 0.263. The van der Waals surface area contributed by atoms with Crippen LogP contribution in [0.4, 0.5) is 0 Å². The molecule has 120 valence electrons. The van der Waals surface area contributed by atoms with E-state index in [9.17, 15) is 5.21 Å². The number of nitrogens with zero attached hydrogens (tertiary/aromatic N) is 1. The van der Waals surface area contributed by atoms with E-state index >= 15 is 0 Å². The molecule has 23 heavy (non-hydrogen) atoms. The molecule has 1 aliphatic rings. The van der Waals surface area contributed by atoms with Gasteiger partial charge in [-0.25, -0.2) is 0 Å². The van der Waals surface area contributed by atoms with E-state index in [-0.39, 0.29) is 18.0 Å². The second kappa shape index (κ2) is 6.97. The maximum absolute atomic E-state index is 9.60. The number of oxime groups is 1. The number of benzene rings is 2. The number of hydrogen-bond acceptors (Lipinski definition) is 3. The van der Waals surface area contributed by atoms with E-state index in [1.165, 1.54) is 11.1 Å². The molecule has 0 bridgehead atoms. The SMILES string of the molecule is CC(C)[C@@H]1/C(=N/O)C[C@H](c2ccccc2)N[C@@H]1c1ccccc1. The van der Waals surface area contributed by atoms with Gasteiger partial charge in [-0.05, 0) is 17.0 Å². The molecule has 3 rings (SSSR count). The van der Waals surface area contributed by atoms with E-state index in [4.69, 9.17) is 0 Å². The van der Waals surface area contributed by atoms with Crippen LogP contribution in [0.3, 0.4) is 0 Å². The lowest BCUT2D eigenvalue weighted by Crippen LogP contribution is -2.44. The zero-order valence-corrected chi connectivity index (χ0v) is 13.7. The summed E-state index contributed by atoms with van der Waals surface area (Å²) in [5, 5.41) is 17.1. The summed E-state index contributed by atoms with van der Waals surface area (Å²) >= 11 is 0. The van der Waals surface area contributed by atoms with E-state index in [0.717, 1.165) is 12.1 Å². The van der Waals surface area contributed by atoms with E-state index in [0.29, 0.717) is 5.92 Å². The summed E-state index contributed by atoms with van der Waals surface area (Å²) in [5.74, 6) is 0.595. The van der Waals surface area contributed by atoms with Crippen molar-refractivity contribution < 1.29 is 5.21 Å². The Morgan fingerprint density at radius 3 is 2.04 bits per heavy atom. The van der Waals surface area contributed by atoms with Crippen molar-refractivity contribution >= 4 is 5.71 Å². The smallest absolute Gasteiger partial charge is 0.0642 e. The topological polar surface area (TPSA) is 44.6 Å². The lowest BCUT2D eigenvalue weighted by Gasteiger charge is -2.40. The Kier molecular flexibility index (Phi) is 4.77. The summed E-state index contributed by atoms with van der Waals surface area (Å²) in [6.45, 7) is 4.38. The Balaban J connectivity index is 1.98. The normalized spacial score (nSPS) is 26.6. The molecule has 0 unspecified atom stereocenters. The van der Waals surface area contributed by atoms with Crippen LogP contribution >= 0.6 is 0 Å². The minimum absolute atomic E-state index is 0.154. The minimum Gasteiger partial charge on any atom is -0.411 e. The highest BCUT2D eigenvalue weighted by molar-refractivity contribution is 5.89. The molecule has 1 aliphatic heterocycles. The van der Waals surface area contributed by atoms with E-state index < -0.39 is 0 Å². The van der Waals surface area contributed by atoms with Crippen LogP contribution in [-0.4, -0.2) is 10.9 Å². The maximum atomic E-state index is 9.60. The number of nitrogens with one attached hydrogen (secondary N) is 1. The van der Waals surface area contributed by atoms with Crippen molar-refractivity contribution in [3.05, 3.63) is 71.8 Å². The molecule has 0 amide bonds. The van der Waals surface area contributed by atoms with Gasteiger partial charge in [-0.1, -0.05) is 79.7 Å². The monoisotopic (exact) mass is 308 g/mol. The molecule has 2 aromatic rings. The third kappa shape index (κ3) is 3.30. The van der Waals surface area contributed by atoms with Crippen molar-refractivity contribution in [3.63, 3.8) is 0 Å². The lowest BCUT2D eigenvalue weighted by atomic mass is 9.75. The Morgan fingerprint density at radius 1 is 0.957 bits per heavy atom. The van der Waals surface area contributed by atoms with Crippen LogP contribution in [0.2, 0.25) is 0 Å². The molecule has 3 atom stereocenters. The first-order chi connectivity index (χ1) is 11.2. The van der Waals surface area contributed by atoms with E-state index in [1.54, 1.807) is 0 Å². The van der Waals surface area contributed by atoms with Crippen molar-refractivity contribution in [2.24, 2.45) is 17.0 Å². The maximum Gasteiger partial charge on any atom is 0.0642 e. The van der Waals surface area contributed by atoms with Gasteiger partial charge in [-0.3, -0.25) is 0 Å². The second-order valence-corrected chi connectivity index (χ2v) is 6.58. The van der Waals surface area contributed by atoms with Gasteiger partial charge in [0.1, 0.15) is 0 Å². The van der Waals surface area contributed by atoms with Gasteiger partial charge in [0.25, 0.3) is 0 Å². The summed E-state index contributed by atoms with van der Waals surface area (Å²) in [7, 11) is 0. The van der Waals surface area contributed by atoms with E-state index in [2.05, 4.69) is 72.9 Å². The highest BCUT2D eigenvalue weighted by atomic mass is 16.4. The zero-order chi connectivity index (χ0) is 16.2. The summed E-state index contributed by atoms with van der Waals surface area (Å²) in [5.41, 5.74) is 3.37. The number of rotatable bonds is 3. The quantitative estimate of drug-likeness (QED) is 0.644. The van der Waals surface area contributed by atoms with Crippen LogP contribution in [0.1, 0.15) is 43.5 Å². The summed E-state index contributed by atoms with van der Waals surface area (Å²) < 4.78 is 0. The molecule has 1 heterocycles.